The molecule has 2 aromatic heterocycles. The summed E-state index contributed by atoms with van der Waals surface area (Å²) in [6, 6.07) is 11.6. The number of likely N-dealkylation sites (tertiary alicyclic amines) is 1. The minimum Gasteiger partial charge on any atom is -0.441 e. The maximum Gasteiger partial charge on any atom is 0.229 e. The largest absolute Gasteiger partial charge is 0.441 e. The predicted octanol–water partition coefficient (Wildman–Crippen LogP) is 4.24. The molecule has 0 aliphatic carbocycles. The van der Waals surface area contributed by atoms with E-state index < -0.39 is 0 Å². The number of rotatable bonds is 4. The molecular weight excluding hydrogens is 342 g/mol. The lowest BCUT2D eigenvalue weighted by molar-refractivity contribution is -0.134. The molecule has 3 heterocycles. The summed E-state index contributed by atoms with van der Waals surface area (Å²) in [5.74, 6) is 2.06. The van der Waals surface area contributed by atoms with E-state index in [1.54, 1.807) is 0 Å². The number of aromatic nitrogens is 2. The molecule has 1 saturated heterocycles. The van der Waals surface area contributed by atoms with Crippen LogP contribution in [0.3, 0.4) is 0 Å². The summed E-state index contributed by atoms with van der Waals surface area (Å²) < 4.78 is 11.0. The third-order valence-electron chi connectivity index (χ3n) is 5.04. The highest BCUT2D eigenvalue weighted by Gasteiger charge is 2.31. The normalized spacial score (nSPS) is 17.3. The first-order valence-corrected chi connectivity index (χ1v) is 9.36. The van der Waals surface area contributed by atoms with Crippen LogP contribution in [-0.2, 0) is 11.2 Å². The molecule has 3 aromatic rings. The highest BCUT2D eigenvalue weighted by atomic mass is 16.5. The number of nitrogens with zero attached hydrogens (tertiary/aromatic N) is 3. The minimum atomic E-state index is -0.0236. The third kappa shape index (κ3) is 3.65. The van der Waals surface area contributed by atoms with Gasteiger partial charge in [-0.15, -0.1) is 0 Å². The molecule has 0 N–H and O–H groups in total. The van der Waals surface area contributed by atoms with Gasteiger partial charge in [0.25, 0.3) is 0 Å². The topological polar surface area (TPSA) is 72.4 Å². The van der Waals surface area contributed by atoms with Crippen LogP contribution >= 0.6 is 0 Å². The molecule has 0 spiro atoms. The van der Waals surface area contributed by atoms with Crippen molar-refractivity contribution in [3.63, 3.8) is 0 Å². The van der Waals surface area contributed by atoms with Crippen molar-refractivity contribution in [1.82, 2.24) is 15.0 Å². The van der Waals surface area contributed by atoms with Crippen LogP contribution in [-0.4, -0.2) is 27.5 Å². The van der Waals surface area contributed by atoms with Gasteiger partial charge in [0.2, 0.25) is 11.8 Å². The molecule has 6 heteroatoms. The molecule has 0 saturated carbocycles. The van der Waals surface area contributed by atoms with Gasteiger partial charge in [0.15, 0.2) is 0 Å². The van der Waals surface area contributed by atoms with E-state index in [9.17, 15) is 4.79 Å². The average Bonchev–Trinajstić information content (AvgIpc) is 3.28. The average molecular weight is 365 g/mol. The Morgan fingerprint density at radius 3 is 2.78 bits per heavy atom. The fourth-order valence-corrected chi connectivity index (χ4v) is 3.62. The highest BCUT2D eigenvalue weighted by molar-refractivity contribution is 5.79. The summed E-state index contributed by atoms with van der Waals surface area (Å²) in [6.45, 7) is 4.46. The number of carbonyl (C=O) groups excluding carboxylic acids is 1. The van der Waals surface area contributed by atoms with Gasteiger partial charge in [-0.2, -0.15) is 0 Å². The van der Waals surface area contributed by atoms with Gasteiger partial charge in [-0.1, -0.05) is 23.4 Å². The molecule has 140 valence electrons. The minimum absolute atomic E-state index is 0.0236. The summed E-state index contributed by atoms with van der Waals surface area (Å²) in [5.41, 5.74) is 2.44. The Bertz CT molecular complexity index is 929. The zero-order chi connectivity index (χ0) is 18.8. The van der Waals surface area contributed by atoms with Crippen molar-refractivity contribution in [2.24, 2.45) is 0 Å². The summed E-state index contributed by atoms with van der Waals surface area (Å²) in [4.78, 5) is 19.5. The van der Waals surface area contributed by atoms with Gasteiger partial charge >= 0.3 is 0 Å². The van der Waals surface area contributed by atoms with Crippen LogP contribution in [0.15, 0.2) is 45.3 Å². The number of amides is 1. The standard InChI is InChI=1S/C21H23N3O3/c1-14-12-18(23-27-14)19-10-6-7-11-24(19)20(25)13-17-15(2)26-21(22-17)16-8-4-3-5-9-16/h3-5,8-9,12,19H,6-7,10-11,13H2,1-2H3. The first-order valence-electron chi connectivity index (χ1n) is 9.36. The van der Waals surface area contributed by atoms with E-state index in [2.05, 4.69) is 10.1 Å². The molecule has 1 amide bonds. The lowest BCUT2D eigenvalue weighted by Gasteiger charge is -2.34. The molecule has 1 unspecified atom stereocenters. The number of carbonyl (C=O) groups is 1. The highest BCUT2D eigenvalue weighted by Crippen LogP contribution is 2.31. The SMILES string of the molecule is Cc1cc(C2CCCCN2C(=O)Cc2nc(-c3ccccc3)oc2C)no1. The van der Waals surface area contributed by atoms with Crippen LogP contribution in [0.4, 0.5) is 0 Å². The number of benzene rings is 1. The number of piperidine rings is 1. The number of hydrogen-bond acceptors (Lipinski definition) is 5. The van der Waals surface area contributed by atoms with E-state index in [-0.39, 0.29) is 18.4 Å². The Morgan fingerprint density at radius 2 is 2.04 bits per heavy atom. The fourth-order valence-electron chi connectivity index (χ4n) is 3.62. The summed E-state index contributed by atoms with van der Waals surface area (Å²) in [5, 5.41) is 4.14. The maximum absolute atomic E-state index is 13.0. The fraction of sp³-hybridized carbons (Fsp3) is 0.381. The van der Waals surface area contributed by atoms with Gasteiger partial charge in [-0.25, -0.2) is 4.98 Å². The van der Waals surface area contributed by atoms with Crippen LogP contribution in [0.25, 0.3) is 11.5 Å². The van der Waals surface area contributed by atoms with Gasteiger partial charge in [-0.05, 0) is 45.2 Å². The molecule has 0 bridgehead atoms. The second kappa shape index (κ2) is 7.39. The number of oxazole rings is 1. The Morgan fingerprint density at radius 1 is 1.22 bits per heavy atom. The Hall–Kier alpha value is -2.89. The van der Waals surface area contributed by atoms with Gasteiger partial charge in [0, 0.05) is 18.2 Å². The lowest BCUT2D eigenvalue weighted by Crippen LogP contribution is -2.39. The van der Waals surface area contributed by atoms with E-state index in [0.717, 1.165) is 42.8 Å². The van der Waals surface area contributed by atoms with Gasteiger partial charge < -0.3 is 13.8 Å². The lowest BCUT2D eigenvalue weighted by atomic mass is 9.98. The second-order valence-electron chi connectivity index (χ2n) is 7.03. The monoisotopic (exact) mass is 365 g/mol. The molecule has 1 fully saturated rings. The van der Waals surface area contributed by atoms with Crippen molar-refractivity contribution in [2.45, 2.75) is 45.6 Å². The maximum atomic E-state index is 13.0. The van der Waals surface area contributed by atoms with Crippen LogP contribution in [0.2, 0.25) is 0 Å². The zero-order valence-corrected chi connectivity index (χ0v) is 15.6. The molecule has 1 atom stereocenters. The van der Waals surface area contributed by atoms with Crippen molar-refractivity contribution < 1.29 is 13.7 Å². The molecule has 0 radical (unpaired) electrons. The van der Waals surface area contributed by atoms with Gasteiger partial charge in [0.1, 0.15) is 17.2 Å². The van der Waals surface area contributed by atoms with Crippen LogP contribution in [0.1, 0.15) is 48.2 Å². The third-order valence-corrected chi connectivity index (χ3v) is 5.04. The molecule has 1 aliphatic rings. The second-order valence-corrected chi connectivity index (χ2v) is 7.03. The Balaban J connectivity index is 1.53. The van der Waals surface area contributed by atoms with E-state index in [0.29, 0.717) is 17.3 Å². The zero-order valence-electron chi connectivity index (χ0n) is 15.6. The van der Waals surface area contributed by atoms with Crippen molar-refractivity contribution in [2.75, 3.05) is 6.54 Å². The molecular formula is C21H23N3O3. The Kier molecular flexibility index (Phi) is 4.79. The smallest absolute Gasteiger partial charge is 0.229 e. The van der Waals surface area contributed by atoms with Crippen molar-refractivity contribution in [1.29, 1.82) is 0 Å². The molecule has 1 aromatic carbocycles. The molecule has 4 rings (SSSR count). The van der Waals surface area contributed by atoms with E-state index in [1.807, 2.05) is 55.1 Å². The van der Waals surface area contributed by atoms with Crippen LogP contribution in [0, 0.1) is 13.8 Å². The van der Waals surface area contributed by atoms with Crippen LogP contribution < -0.4 is 0 Å². The van der Waals surface area contributed by atoms with E-state index in [4.69, 9.17) is 8.94 Å². The van der Waals surface area contributed by atoms with Crippen molar-refractivity contribution in [3.8, 4) is 11.5 Å². The molecule has 27 heavy (non-hydrogen) atoms. The first-order chi connectivity index (χ1) is 13.1. The van der Waals surface area contributed by atoms with E-state index >= 15 is 0 Å². The molecule has 1 aliphatic heterocycles. The van der Waals surface area contributed by atoms with Crippen molar-refractivity contribution >= 4 is 5.91 Å². The number of hydrogen-bond donors (Lipinski definition) is 0. The predicted molar refractivity (Wildman–Crippen MR) is 99.9 cm³/mol. The van der Waals surface area contributed by atoms with Crippen LogP contribution in [0.5, 0.6) is 0 Å². The Labute approximate surface area is 158 Å². The quantitative estimate of drug-likeness (QED) is 0.691. The summed E-state index contributed by atoms with van der Waals surface area (Å²) >= 11 is 0. The molecule has 6 nitrogen and oxygen atoms in total. The summed E-state index contributed by atoms with van der Waals surface area (Å²) in [7, 11) is 0. The van der Waals surface area contributed by atoms with Gasteiger partial charge in [-0.3, -0.25) is 4.79 Å². The van der Waals surface area contributed by atoms with Crippen molar-refractivity contribution in [3.05, 3.63) is 59.3 Å². The number of aryl methyl sites for hydroxylation is 2. The van der Waals surface area contributed by atoms with Gasteiger partial charge in [0.05, 0.1) is 18.2 Å². The first kappa shape index (κ1) is 17.5. The van der Waals surface area contributed by atoms with E-state index in [1.165, 1.54) is 0 Å². The summed E-state index contributed by atoms with van der Waals surface area (Å²) in [6.07, 6.45) is 3.23.